The Morgan fingerprint density at radius 2 is 2.00 bits per heavy atom. The summed E-state index contributed by atoms with van der Waals surface area (Å²) in [6.07, 6.45) is 0.982. The number of rotatable bonds is 8. The largest absolute Gasteiger partial charge is 0.481 e. The second-order valence-electron chi connectivity index (χ2n) is 1.97. The molecule has 0 aliphatic carbocycles. The van der Waals surface area contributed by atoms with Crippen LogP contribution in [0.25, 0.3) is 0 Å². The van der Waals surface area contributed by atoms with Gasteiger partial charge in [-0.25, -0.2) is 4.89 Å². The van der Waals surface area contributed by atoms with Crippen LogP contribution in [-0.2, 0) is 9.68 Å². The van der Waals surface area contributed by atoms with Gasteiger partial charge in [0.25, 0.3) is 0 Å². The smallest absolute Gasteiger partial charge is 0.304 e. The highest BCUT2D eigenvalue weighted by atomic mass is 33.1. The molecule has 0 heterocycles. The number of hydrogen-bond donors (Lipinski definition) is 2. The molecule has 0 spiro atoms. The SMILES string of the molecule is O=C(O)CCSSCCCOO. The fraction of sp³-hybridized carbons (Fsp3) is 0.833. The van der Waals surface area contributed by atoms with Gasteiger partial charge >= 0.3 is 5.97 Å². The summed E-state index contributed by atoms with van der Waals surface area (Å²) < 4.78 is 0. The first kappa shape index (κ1) is 12.1. The molecule has 72 valence electrons. The zero-order chi connectivity index (χ0) is 9.23. The minimum Gasteiger partial charge on any atom is -0.481 e. The topological polar surface area (TPSA) is 66.8 Å². The van der Waals surface area contributed by atoms with E-state index in [1.54, 1.807) is 10.8 Å². The van der Waals surface area contributed by atoms with Crippen molar-refractivity contribution in [2.24, 2.45) is 0 Å². The summed E-state index contributed by atoms with van der Waals surface area (Å²) in [5.41, 5.74) is 0. The molecule has 0 bridgehead atoms. The van der Waals surface area contributed by atoms with E-state index in [1.807, 2.05) is 0 Å². The van der Waals surface area contributed by atoms with Crippen molar-refractivity contribution in [1.82, 2.24) is 0 Å². The van der Waals surface area contributed by atoms with Gasteiger partial charge in [0, 0.05) is 11.5 Å². The summed E-state index contributed by atoms with van der Waals surface area (Å²) in [7, 11) is 3.13. The Morgan fingerprint density at radius 1 is 1.33 bits per heavy atom. The number of carboxylic acid groups (broad SMARTS) is 1. The third kappa shape index (κ3) is 10.1. The molecule has 12 heavy (non-hydrogen) atoms. The molecule has 0 amide bonds. The van der Waals surface area contributed by atoms with Gasteiger partial charge in [0.1, 0.15) is 0 Å². The maximum absolute atomic E-state index is 10.1. The second-order valence-corrected chi connectivity index (χ2v) is 4.68. The van der Waals surface area contributed by atoms with Gasteiger partial charge < -0.3 is 5.11 Å². The predicted octanol–water partition coefficient (Wildman–Crippen LogP) is 1.72. The van der Waals surface area contributed by atoms with E-state index in [0.29, 0.717) is 12.4 Å². The Hall–Kier alpha value is 0.0900. The lowest BCUT2D eigenvalue weighted by molar-refractivity contribution is -0.241. The van der Waals surface area contributed by atoms with Crippen molar-refractivity contribution in [2.75, 3.05) is 18.1 Å². The zero-order valence-electron chi connectivity index (χ0n) is 6.56. The third-order valence-corrected chi connectivity index (χ3v) is 3.44. The second kappa shape index (κ2) is 9.18. The van der Waals surface area contributed by atoms with Crippen molar-refractivity contribution in [3.05, 3.63) is 0 Å². The number of carboxylic acids is 1. The molecule has 2 N–H and O–H groups in total. The van der Waals surface area contributed by atoms with Crippen molar-refractivity contribution in [3.63, 3.8) is 0 Å². The summed E-state index contributed by atoms with van der Waals surface area (Å²) in [5.74, 6) is 0.729. The Kier molecular flexibility index (Phi) is 9.25. The lowest BCUT2D eigenvalue weighted by atomic mass is 10.5. The van der Waals surface area contributed by atoms with Crippen molar-refractivity contribution in [1.29, 1.82) is 0 Å². The molecule has 0 aliphatic rings. The monoisotopic (exact) mass is 212 g/mol. The molecular formula is C6H12O4S2. The van der Waals surface area contributed by atoms with Gasteiger partial charge in [-0.05, 0) is 6.42 Å². The number of hydrogen-bond acceptors (Lipinski definition) is 5. The normalized spacial score (nSPS) is 10.1. The van der Waals surface area contributed by atoms with E-state index >= 15 is 0 Å². The molecule has 0 aromatic rings. The van der Waals surface area contributed by atoms with E-state index in [9.17, 15) is 4.79 Å². The summed E-state index contributed by atoms with van der Waals surface area (Å²) >= 11 is 0. The first-order valence-electron chi connectivity index (χ1n) is 3.50. The van der Waals surface area contributed by atoms with E-state index in [4.69, 9.17) is 10.4 Å². The minimum absolute atomic E-state index is 0.203. The van der Waals surface area contributed by atoms with Crippen molar-refractivity contribution < 1.29 is 20.0 Å². The quantitative estimate of drug-likeness (QED) is 0.276. The Morgan fingerprint density at radius 3 is 2.58 bits per heavy atom. The molecule has 0 saturated heterocycles. The van der Waals surface area contributed by atoms with Crippen LogP contribution in [0.15, 0.2) is 0 Å². The average molecular weight is 212 g/mol. The van der Waals surface area contributed by atoms with Gasteiger partial charge in [0.2, 0.25) is 0 Å². The van der Waals surface area contributed by atoms with Crippen LogP contribution in [0.2, 0.25) is 0 Å². The van der Waals surface area contributed by atoms with Gasteiger partial charge in [-0.3, -0.25) is 10.1 Å². The van der Waals surface area contributed by atoms with Gasteiger partial charge in [-0.2, -0.15) is 0 Å². The molecule has 0 rings (SSSR count). The molecule has 0 aromatic carbocycles. The maximum atomic E-state index is 10.1. The highest BCUT2D eigenvalue weighted by Crippen LogP contribution is 2.22. The van der Waals surface area contributed by atoms with E-state index in [2.05, 4.69) is 4.89 Å². The lowest BCUT2D eigenvalue weighted by Gasteiger charge is -1.97. The van der Waals surface area contributed by atoms with Crippen LogP contribution in [0.1, 0.15) is 12.8 Å². The van der Waals surface area contributed by atoms with E-state index in [-0.39, 0.29) is 6.42 Å². The minimum atomic E-state index is -0.762. The molecule has 4 nitrogen and oxygen atoms in total. The lowest BCUT2D eigenvalue weighted by Crippen LogP contribution is -1.95. The zero-order valence-corrected chi connectivity index (χ0v) is 8.20. The van der Waals surface area contributed by atoms with Crippen molar-refractivity contribution >= 4 is 27.6 Å². The fourth-order valence-corrected chi connectivity index (χ4v) is 2.47. The van der Waals surface area contributed by atoms with Crippen molar-refractivity contribution in [2.45, 2.75) is 12.8 Å². The van der Waals surface area contributed by atoms with Crippen LogP contribution in [0.5, 0.6) is 0 Å². The first-order chi connectivity index (χ1) is 5.77. The molecule has 0 aliphatic heterocycles. The summed E-state index contributed by atoms with van der Waals surface area (Å²) in [4.78, 5) is 13.9. The molecule has 0 saturated carbocycles. The summed E-state index contributed by atoms with van der Waals surface area (Å²) in [5, 5.41) is 16.2. The van der Waals surface area contributed by atoms with Crippen LogP contribution in [-0.4, -0.2) is 34.4 Å². The summed E-state index contributed by atoms with van der Waals surface area (Å²) in [6.45, 7) is 0.340. The Bertz CT molecular complexity index is 120. The third-order valence-electron chi connectivity index (χ3n) is 0.946. The molecule has 0 unspecified atom stereocenters. The Labute approximate surface area is 79.0 Å². The molecule has 6 heteroatoms. The maximum Gasteiger partial charge on any atom is 0.304 e. The summed E-state index contributed by atoms with van der Waals surface area (Å²) in [6, 6.07) is 0. The number of carbonyl (C=O) groups is 1. The van der Waals surface area contributed by atoms with Crippen LogP contribution in [0.4, 0.5) is 0 Å². The molecule has 0 radical (unpaired) electrons. The molecule has 0 aromatic heterocycles. The van der Waals surface area contributed by atoms with Gasteiger partial charge in [0.15, 0.2) is 0 Å². The average Bonchev–Trinajstić information content (AvgIpc) is 2.02. The number of aliphatic carboxylic acids is 1. The molecule has 0 atom stereocenters. The molecule has 0 fully saturated rings. The predicted molar refractivity (Wildman–Crippen MR) is 50.4 cm³/mol. The van der Waals surface area contributed by atoms with E-state index in [0.717, 1.165) is 12.2 Å². The van der Waals surface area contributed by atoms with Crippen LogP contribution in [0.3, 0.4) is 0 Å². The van der Waals surface area contributed by atoms with Gasteiger partial charge in [-0.15, -0.1) is 0 Å². The van der Waals surface area contributed by atoms with Gasteiger partial charge in [0.05, 0.1) is 13.0 Å². The van der Waals surface area contributed by atoms with Crippen LogP contribution in [0, 0.1) is 0 Å². The standard InChI is InChI=1S/C6H12O4S2/c7-6(8)2-5-12-11-4-1-3-10-9/h9H,1-5H2,(H,7,8). The highest BCUT2D eigenvalue weighted by Gasteiger charge is 1.96. The van der Waals surface area contributed by atoms with Crippen molar-refractivity contribution in [3.8, 4) is 0 Å². The van der Waals surface area contributed by atoms with Crippen LogP contribution < -0.4 is 0 Å². The Balaban J connectivity index is 2.86. The first-order valence-corrected chi connectivity index (χ1v) is 5.98. The van der Waals surface area contributed by atoms with Crippen LogP contribution >= 0.6 is 21.6 Å². The fourth-order valence-electron chi connectivity index (χ4n) is 0.429. The van der Waals surface area contributed by atoms with Gasteiger partial charge in [-0.1, -0.05) is 21.6 Å². The molecular weight excluding hydrogens is 200 g/mol. The highest BCUT2D eigenvalue weighted by molar-refractivity contribution is 8.76. The van der Waals surface area contributed by atoms with E-state index in [1.165, 1.54) is 10.8 Å². The van der Waals surface area contributed by atoms with E-state index < -0.39 is 5.97 Å².